The number of fused-ring (bicyclic) bond motifs is 1. The van der Waals surface area contributed by atoms with Crippen LogP contribution in [-0.2, 0) is 6.42 Å². The van der Waals surface area contributed by atoms with Crippen molar-refractivity contribution < 1.29 is 14.3 Å². The fourth-order valence-corrected chi connectivity index (χ4v) is 2.46. The molecule has 0 unspecified atom stereocenters. The normalized spacial score (nSPS) is 13.3. The molecule has 0 saturated heterocycles. The van der Waals surface area contributed by atoms with Gasteiger partial charge < -0.3 is 15.7 Å². The zero-order valence-electron chi connectivity index (χ0n) is 10.6. The number of phenols is 1. The van der Waals surface area contributed by atoms with Gasteiger partial charge in [-0.25, -0.2) is 4.39 Å². The molecule has 1 heterocycles. The summed E-state index contributed by atoms with van der Waals surface area (Å²) in [6, 6.07) is 8.66. The Bertz CT molecular complexity index is 700. The van der Waals surface area contributed by atoms with Gasteiger partial charge in [-0.1, -0.05) is 0 Å². The second kappa shape index (κ2) is 4.52. The number of nitrogen functional groups attached to an aromatic ring is 1. The maximum atomic E-state index is 13.2. The summed E-state index contributed by atoms with van der Waals surface area (Å²) in [5.41, 5.74) is 8.06. The average molecular weight is 272 g/mol. The molecule has 102 valence electrons. The molecule has 1 amide bonds. The van der Waals surface area contributed by atoms with Crippen molar-refractivity contribution >= 4 is 17.3 Å². The van der Waals surface area contributed by atoms with Gasteiger partial charge in [0.25, 0.3) is 5.91 Å². The van der Waals surface area contributed by atoms with E-state index in [1.807, 2.05) is 6.07 Å². The van der Waals surface area contributed by atoms with Gasteiger partial charge >= 0.3 is 0 Å². The van der Waals surface area contributed by atoms with E-state index in [0.29, 0.717) is 18.7 Å². The summed E-state index contributed by atoms with van der Waals surface area (Å²) in [6.07, 6.45) is 0.697. The first-order valence-electron chi connectivity index (χ1n) is 6.25. The van der Waals surface area contributed by atoms with Crippen molar-refractivity contribution in [1.82, 2.24) is 0 Å². The van der Waals surface area contributed by atoms with Crippen LogP contribution in [0.2, 0.25) is 0 Å². The van der Waals surface area contributed by atoms with Gasteiger partial charge in [-0.15, -0.1) is 0 Å². The largest absolute Gasteiger partial charge is 0.507 e. The predicted octanol–water partition coefficient (Wildman–Crippen LogP) is 2.32. The molecule has 0 radical (unpaired) electrons. The van der Waals surface area contributed by atoms with Gasteiger partial charge in [-0.2, -0.15) is 0 Å². The molecule has 0 spiro atoms. The highest BCUT2D eigenvalue weighted by atomic mass is 19.1. The Morgan fingerprint density at radius 3 is 2.85 bits per heavy atom. The lowest BCUT2D eigenvalue weighted by Crippen LogP contribution is -2.29. The molecule has 1 aliphatic rings. The second-order valence-corrected chi connectivity index (χ2v) is 4.76. The molecule has 2 aromatic carbocycles. The molecule has 4 nitrogen and oxygen atoms in total. The van der Waals surface area contributed by atoms with Crippen LogP contribution in [0.25, 0.3) is 0 Å². The molecule has 5 heteroatoms. The van der Waals surface area contributed by atoms with E-state index in [-0.39, 0.29) is 11.3 Å². The molecule has 0 saturated carbocycles. The van der Waals surface area contributed by atoms with Crippen LogP contribution in [0, 0.1) is 5.82 Å². The molecule has 0 aromatic heterocycles. The number of phenolic OH excluding ortho intramolecular Hbond substituents is 1. The first kappa shape index (κ1) is 12.5. The fourth-order valence-electron chi connectivity index (χ4n) is 2.46. The number of aromatic hydroxyl groups is 1. The number of carbonyl (C=O) groups excluding carboxylic acids is 1. The molecule has 2 aromatic rings. The lowest BCUT2D eigenvalue weighted by Gasteiger charge is -2.18. The number of hydrogen-bond donors (Lipinski definition) is 2. The summed E-state index contributed by atoms with van der Waals surface area (Å²) in [7, 11) is 0. The molecule has 3 rings (SSSR count). The zero-order chi connectivity index (χ0) is 14.3. The smallest absolute Gasteiger partial charge is 0.262 e. The summed E-state index contributed by atoms with van der Waals surface area (Å²) in [5, 5.41) is 9.72. The summed E-state index contributed by atoms with van der Waals surface area (Å²) in [4.78, 5) is 14.0. The van der Waals surface area contributed by atoms with E-state index in [1.165, 1.54) is 11.0 Å². The number of anilines is 2. The van der Waals surface area contributed by atoms with Gasteiger partial charge in [0, 0.05) is 17.9 Å². The van der Waals surface area contributed by atoms with Crippen molar-refractivity contribution in [2.24, 2.45) is 0 Å². The molecule has 1 aliphatic heterocycles. The fraction of sp³-hybridized carbons (Fsp3) is 0.133. The molecule has 0 bridgehead atoms. The number of nitrogens with two attached hydrogens (primary N) is 1. The maximum Gasteiger partial charge on any atom is 0.262 e. The van der Waals surface area contributed by atoms with Crippen molar-refractivity contribution in [3.8, 4) is 5.75 Å². The van der Waals surface area contributed by atoms with Gasteiger partial charge in [0.15, 0.2) is 0 Å². The van der Waals surface area contributed by atoms with Crippen molar-refractivity contribution in [3.05, 3.63) is 53.3 Å². The van der Waals surface area contributed by atoms with Gasteiger partial charge in [0.05, 0.1) is 5.56 Å². The number of nitrogens with zero attached hydrogens (tertiary/aromatic N) is 1. The number of halogens is 1. The topological polar surface area (TPSA) is 66.6 Å². The standard InChI is InChI=1S/C15H13FN2O2/c16-10-1-4-14(19)12(8-10)15(20)18-6-5-9-7-11(17)2-3-13(9)18/h1-4,7-8,19H,5-6,17H2. The number of hydrogen-bond acceptors (Lipinski definition) is 3. The Morgan fingerprint density at radius 2 is 2.05 bits per heavy atom. The lowest BCUT2D eigenvalue weighted by molar-refractivity contribution is 0.0986. The average Bonchev–Trinajstić information content (AvgIpc) is 2.83. The molecule has 20 heavy (non-hydrogen) atoms. The highest BCUT2D eigenvalue weighted by Crippen LogP contribution is 2.32. The van der Waals surface area contributed by atoms with Crippen molar-refractivity contribution in [1.29, 1.82) is 0 Å². The third-order valence-corrected chi connectivity index (χ3v) is 3.43. The molecule has 0 aliphatic carbocycles. The predicted molar refractivity (Wildman–Crippen MR) is 74.3 cm³/mol. The SMILES string of the molecule is Nc1ccc2c(c1)CCN2C(=O)c1cc(F)ccc1O. The highest BCUT2D eigenvalue weighted by molar-refractivity contribution is 6.09. The van der Waals surface area contributed by atoms with Gasteiger partial charge in [-0.05, 0) is 48.4 Å². The minimum Gasteiger partial charge on any atom is -0.507 e. The number of amides is 1. The molecule has 0 fully saturated rings. The van der Waals surface area contributed by atoms with E-state index in [9.17, 15) is 14.3 Å². The Hall–Kier alpha value is -2.56. The summed E-state index contributed by atoms with van der Waals surface area (Å²) >= 11 is 0. The van der Waals surface area contributed by atoms with Crippen molar-refractivity contribution in [2.45, 2.75) is 6.42 Å². The van der Waals surface area contributed by atoms with Crippen LogP contribution in [0.15, 0.2) is 36.4 Å². The Balaban J connectivity index is 2.00. The number of rotatable bonds is 1. The van der Waals surface area contributed by atoms with Crippen LogP contribution < -0.4 is 10.6 Å². The second-order valence-electron chi connectivity index (χ2n) is 4.76. The third-order valence-electron chi connectivity index (χ3n) is 3.43. The van der Waals surface area contributed by atoms with Gasteiger partial charge in [-0.3, -0.25) is 4.79 Å². The third kappa shape index (κ3) is 1.97. The Kier molecular flexibility index (Phi) is 2.82. The van der Waals surface area contributed by atoms with Gasteiger partial charge in [0.1, 0.15) is 11.6 Å². The Morgan fingerprint density at radius 1 is 1.25 bits per heavy atom. The lowest BCUT2D eigenvalue weighted by atomic mass is 10.1. The van der Waals surface area contributed by atoms with Gasteiger partial charge in [0.2, 0.25) is 0 Å². The zero-order valence-corrected chi connectivity index (χ0v) is 10.6. The van der Waals surface area contributed by atoms with E-state index >= 15 is 0 Å². The van der Waals surface area contributed by atoms with Crippen LogP contribution in [0.5, 0.6) is 5.75 Å². The van der Waals surface area contributed by atoms with Crippen LogP contribution >= 0.6 is 0 Å². The molecular formula is C15H13FN2O2. The first-order valence-corrected chi connectivity index (χ1v) is 6.25. The quantitative estimate of drug-likeness (QED) is 0.783. The minimum atomic E-state index is -0.553. The highest BCUT2D eigenvalue weighted by Gasteiger charge is 2.27. The summed E-state index contributed by atoms with van der Waals surface area (Å²) < 4.78 is 13.2. The number of benzene rings is 2. The Labute approximate surface area is 115 Å². The van der Waals surface area contributed by atoms with Crippen molar-refractivity contribution in [3.63, 3.8) is 0 Å². The number of carbonyl (C=O) groups is 1. The summed E-state index contributed by atoms with van der Waals surface area (Å²) in [6.45, 7) is 0.494. The first-order chi connectivity index (χ1) is 9.56. The van der Waals surface area contributed by atoms with E-state index in [0.717, 1.165) is 23.4 Å². The minimum absolute atomic E-state index is 0.0327. The van der Waals surface area contributed by atoms with Crippen LogP contribution in [-0.4, -0.2) is 17.6 Å². The maximum absolute atomic E-state index is 13.2. The van der Waals surface area contributed by atoms with Crippen LogP contribution in [0.1, 0.15) is 15.9 Å². The van der Waals surface area contributed by atoms with E-state index in [1.54, 1.807) is 12.1 Å². The van der Waals surface area contributed by atoms with E-state index in [2.05, 4.69) is 0 Å². The van der Waals surface area contributed by atoms with Crippen molar-refractivity contribution in [2.75, 3.05) is 17.2 Å². The monoisotopic (exact) mass is 272 g/mol. The molecule has 3 N–H and O–H groups in total. The molecule has 0 atom stereocenters. The van der Waals surface area contributed by atoms with Crippen LogP contribution in [0.4, 0.5) is 15.8 Å². The van der Waals surface area contributed by atoms with Crippen LogP contribution in [0.3, 0.4) is 0 Å². The van der Waals surface area contributed by atoms with E-state index < -0.39 is 11.7 Å². The van der Waals surface area contributed by atoms with E-state index in [4.69, 9.17) is 5.73 Å². The summed E-state index contributed by atoms with van der Waals surface area (Å²) in [5.74, 6) is -1.19. The molecular weight excluding hydrogens is 259 g/mol.